The van der Waals surface area contributed by atoms with Crippen molar-refractivity contribution in [3.8, 4) is 0 Å². The lowest BCUT2D eigenvalue weighted by atomic mass is 9.87. The van der Waals surface area contributed by atoms with E-state index < -0.39 is 44.4 Å². The van der Waals surface area contributed by atoms with Gasteiger partial charge in [-0.05, 0) is 37.8 Å². The van der Waals surface area contributed by atoms with Gasteiger partial charge in [0.15, 0.2) is 12.4 Å². The van der Waals surface area contributed by atoms with Gasteiger partial charge in [0.25, 0.3) is 8.53 Å². The van der Waals surface area contributed by atoms with Gasteiger partial charge in [0.2, 0.25) is 5.91 Å². The number of nitrogens with zero attached hydrogens (tertiary/aromatic N) is 3. The average Bonchev–Trinajstić information content (AvgIpc) is 3.51. The molecule has 4 heterocycles. The highest BCUT2D eigenvalue weighted by molar-refractivity contribution is 7.45. The Morgan fingerprint density at radius 1 is 1.34 bits per heavy atom. The molecule has 0 radical (unpaired) electrons. The molecule has 0 saturated carbocycles. The first-order valence-electron chi connectivity index (χ1n) is 12.0. The number of anilines is 1. The zero-order valence-electron chi connectivity index (χ0n) is 20.0. The van der Waals surface area contributed by atoms with Crippen LogP contribution < -0.4 is 11.0 Å². The molecule has 0 spiro atoms. The SMILES string of the molecule is CC[C@H]1O[C@@H](n2ccc(NC(C)=O)nc2=O)[C@@H](F)C1O[P@]1O[C@@](C)(c2ccccc2)[C@H]2CCCN21. The molecule has 3 saturated heterocycles. The van der Waals surface area contributed by atoms with Crippen molar-refractivity contribution in [2.75, 3.05) is 11.9 Å². The Balaban J connectivity index is 1.37. The fourth-order valence-electron chi connectivity index (χ4n) is 5.21. The van der Waals surface area contributed by atoms with Crippen LogP contribution in [0, 0.1) is 0 Å². The van der Waals surface area contributed by atoms with E-state index in [2.05, 4.69) is 34.0 Å². The van der Waals surface area contributed by atoms with E-state index in [0.29, 0.717) is 6.42 Å². The van der Waals surface area contributed by atoms with Crippen LogP contribution in [0.1, 0.15) is 51.8 Å². The molecular formula is C24H30FN4O5P. The summed E-state index contributed by atoms with van der Waals surface area (Å²) < 4.78 is 38.0. The van der Waals surface area contributed by atoms with Crippen LogP contribution in [0.25, 0.3) is 0 Å². The first kappa shape index (κ1) is 24.5. The molecule has 5 rings (SSSR count). The number of rotatable bonds is 6. The van der Waals surface area contributed by atoms with E-state index in [4.69, 9.17) is 13.8 Å². The number of ether oxygens (including phenoxy) is 1. The van der Waals surface area contributed by atoms with E-state index in [-0.39, 0.29) is 17.8 Å². The van der Waals surface area contributed by atoms with Crippen molar-refractivity contribution in [3.05, 3.63) is 58.6 Å². The number of hydrogen-bond acceptors (Lipinski definition) is 7. The average molecular weight is 504 g/mol. The van der Waals surface area contributed by atoms with Gasteiger partial charge in [-0.1, -0.05) is 37.3 Å². The van der Waals surface area contributed by atoms with Crippen molar-refractivity contribution >= 4 is 20.3 Å². The summed E-state index contributed by atoms with van der Waals surface area (Å²) in [6, 6.07) is 11.7. The summed E-state index contributed by atoms with van der Waals surface area (Å²) in [6.45, 7) is 6.13. The van der Waals surface area contributed by atoms with E-state index in [1.807, 2.05) is 25.1 Å². The summed E-state index contributed by atoms with van der Waals surface area (Å²) in [4.78, 5) is 27.7. The minimum atomic E-state index is -1.60. The van der Waals surface area contributed by atoms with Gasteiger partial charge in [-0.25, -0.2) is 13.9 Å². The minimum Gasteiger partial charge on any atom is -0.349 e. The fraction of sp³-hybridized carbons (Fsp3) is 0.542. The maximum atomic E-state index is 15.8. The molecule has 35 heavy (non-hydrogen) atoms. The Morgan fingerprint density at radius 2 is 2.11 bits per heavy atom. The Kier molecular flexibility index (Phi) is 6.76. The molecule has 2 aromatic rings. The van der Waals surface area contributed by atoms with Gasteiger partial charge in [0, 0.05) is 19.7 Å². The number of nitrogens with one attached hydrogen (secondary N) is 1. The van der Waals surface area contributed by atoms with Crippen molar-refractivity contribution < 1.29 is 23.0 Å². The molecule has 3 aliphatic heterocycles. The summed E-state index contributed by atoms with van der Waals surface area (Å²) in [7, 11) is -1.51. The highest BCUT2D eigenvalue weighted by Crippen LogP contribution is 2.64. The van der Waals surface area contributed by atoms with Crippen molar-refractivity contribution in [3.63, 3.8) is 0 Å². The summed E-state index contributed by atoms with van der Waals surface area (Å²) >= 11 is 0. The van der Waals surface area contributed by atoms with Crippen LogP contribution in [0.15, 0.2) is 47.4 Å². The van der Waals surface area contributed by atoms with Crippen LogP contribution in [0.2, 0.25) is 0 Å². The number of carbonyl (C=O) groups excluding carboxylic acids is 1. The zero-order chi connectivity index (χ0) is 24.7. The predicted octanol–water partition coefficient (Wildman–Crippen LogP) is 3.87. The molecule has 3 aliphatic rings. The topological polar surface area (TPSA) is 94.9 Å². The molecule has 188 valence electrons. The third-order valence-electron chi connectivity index (χ3n) is 6.97. The largest absolute Gasteiger partial charge is 0.351 e. The van der Waals surface area contributed by atoms with Crippen molar-refractivity contribution in [1.29, 1.82) is 0 Å². The second-order valence-electron chi connectivity index (χ2n) is 9.29. The van der Waals surface area contributed by atoms with Gasteiger partial charge in [-0.3, -0.25) is 9.36 Å². The van der Waals surface area contributed by atoms with Crippen LogP contribution in [0.5, 0.6) is 0 Å². The number of hydrogen-bond donors (Lipinski definition) is 1. The van der Waals surface area contributed by atoms with E-state index >= 15 is 4.39 Å². The molecule has 0 aliphatic carbocycles. The number of aromatic nitrogens is 2. The van der Waals surface area contributed by atoms with E-state index in [9.17, 15) is 9.59 Å². The normalized spacial score (nSPS) is 34.7. The number of fused-ring (bicyclic) bond motifs is 1. The van der Waals surface area contributed by atoms with Crippen molar-refractivity contribution in [1.82, 2.24) is 14.2 Å². The molecule has 11 heteroatoms. The summed E-state index contributed by atoms with van der Waals surface area (Å²) in [5.41, 5.74) is -0.179. The molecule has 0 bridgehead atoms. The number of carbonyl (C=O) groups is 1. The molecule has 1 amide bonds. The van der Waals surface area contributed by atoms with Gasteiger partial charge in [0.1, 0.15) is 17.5 Å². The smallest absolute Gasteiger partial charge is 0.349 e. The Bertz CT molecular complexity index is 1140. The van der Waals surface area contributed by atoms with E-state index in [0.717, 1.165) is 29.5 Å². The molecule has 3 fully saturated rings. The first-order valence-corrected chi connectivity index (χ1v) is 13.1. The summed E-state index contributed by atoms with van der Waals surface area (Å²) in [6.07, 6.45) is -0.310. The minimum absolute atomic E-state index is 0.107. The Labute approximate surface area is 204 Å². The van der Waals surface area contributed by atoms with Crippen molar-refractivity contribution in [2.24, 2.45) is 0 Å². The lowest BCUT2D eigenvalue weighted by Gasteiger charge is -2.29. The van der Waals surface area contributed by atoms with Crippen LogP contribution in [0.4, 0.5) is 10.2 Å². The summed E-state index contributed by atoms with van der Waals surface area (Å²) in [5.74, 6) is -0.244. The fourth-order valence-corrected chi connectivity index (χ4v) is 7.36. The molecule has 9 nitrogen and oxygen atoms in total. The number of benzene rings is 1. The van der Waals surface area contributed by atoms with Crippen LogP contribution in [-0.4, -0.2) is 51.1 Å². The van der Waals surface area contributed by atoms with Crippen LogP contribution in [-0.2, 0) is 24.2 Å². The van der Waals surface area contributed by atoms with Crippen LogP contribution >= 0.6 is 8.53 Å². The third-order valence-corrected chi connectivity index (χ3v) is 8.83. The highest BCUT2D eigenvalue weighted by Gasteiger charge is 2.57. The molecule has 1 unspecified atom stereocenters. The lowest BCUT2D eigenvalue weighted by Crippen LogP contribution is -2.37. The Morgan fingerprint density at radius 3 is 2.80 bits per heavy atom. The van der Waals surface area contributed by atoms with E-state index in [1.54, 1.807) is 0 Å². The van der Waals surface area contributed by atoms with Crippen LogP contribution in [0.3, 0.4) is 0 Å². The molecule has 1 aromatic carbocycles. The molecule has 7 atom stereocenters. The Hall–Kier alpha value is -2.23. The van der Waals surface area contributed by atoms with Gasteiger partial charge >= 0.3 is 5.69 Å². The van der Waals surface area contributed by atoms with E-state index in [1.165, 1.54) is 19.2 Å². The summed E-state index contributed by atoms with van der Waals surface area (Å²) in [5, 5.41) is 2.45. The number of halogens is 1. The predicted molar refractivity (Wildman–Crippen MR) is 128 cm³/mol. The number of amides is 1. The molecule has 1 N–H and O–H groups in total. The van der Waals surface area contributed by atoms with Gasteiger partial charge in [-0.2, -0.15) is 4.98 Å². The third kappa shape index (κ3) is 4.42. The monoisotopic (exact) mass is 504 g/mol. The van der Waals surface area contributed by atoms with Gasteiger partial charge < -0.3 is 19.1 Å². The quantitative estimate of drug-likeness (QED) is 0.597. The van der Waals surface area contributed by atoms with Gasteiger partial charge in [0.05, 0.1) is 12.1 Å². The lowest BCUT2D eigenvalue weighted by molar-refractivity contribution is -0.114. The number of alkyl halides is 1. The molecular weight excluding hydrogens is 474 g/mol. The zero-order valence-corrected chi connectivity index (χ0v) is 20.9. The maximum Gasteiger partial charge on any atom is 0.351 e. The highest BCUT2D eigenvalue weighted by atomic mass is 31.2. The van der Waals surface area contributed by atoms with Gasteiger partial charge in [-0.15, -0.1) is 0 Å². The van der Waals surface area contributed by atoms with Crippen molar-refractivity contribution in [2.45, 2.75) is 76.3 Å². The second-order valence-corrected chi connectivity index (χ2v) is 10.7. The second kappa shape index (κ2) is 9.67. The molecule has 1 aromatic heterocycles. The maximum absolute atomic E-state index is 15.8. The standard InChI is InChI=1S/C24H30FN4O5P/c1-4-17-21(20(25)22(32-17)28-14-12-19(26-15(2)30)27-23(28)31)33-35-29-13-8-11-18(29)24(3,34-35)16-9-6-5-7-10-16/h5-7,9-10,12,14,17-18,20-22H,4,8,11,13H2,1-3H3,(H,26,27,30,31)/t17-,18-,20+,21?,22-,24+,35-/m1/s1. The first-order chi connectivity index (χ1) is 16.8.